The van der Waals surface area contributed by atoms with Crippen LogP contribution in [0.2, 0.25) is 0 Å². The van der Waals surface area contributed by atoms with Gasteiger partial charge in [0.15, 0.2) is 0 Å². The number of aromatic nitrogens is 4. The van der Waals surface area contributed by atoms with Crippen LogP contribution in [-0.2, 0) is 0 Å². The maximum atomic E-state index is 5.12. The zero-order chi connectivity index (χ0) is 23.2. The highest BCUT2D eigenvalue weighted by atomic mass is 15.0. The van der Waals surface area contributed by atoms with Gasteiger partial charge in [0, 0.05) is 29.9 Å². The molecule has 35 heavy (non-hydrogen) atoms. The zero-order valence-corrected chi connectivity index (χ0v) is 19.0. The van der Waals surface area contributed by atoms with Gasteiger partial charge in [-0.25, -0.2) is 9.97 Å². The van der Waals surface area contributed by atoms with Crippen molar-refractivity contribution < 1.29 is 0 Å². The number of hydrogen-bond donors (Lipinski definition) is 0. The van der Waals surface area contributed by atoms with Crippen molar-refractivity contribution in [3.63, 3.8) is 0 Å². The molecule has 4 heterocycles. The van der Waals surface area contributed by atoms with E-state index in [4.69, 9.17) is 9.97 Å². The predicted octanol–water partition coefficient (Wildman–Crippen LogP) is 7.19. The van der Waals surface area contributed by atoms with Crippen LogP contribution in [0, 0.1) is 0 Å². The number of fused-ring (bicyclic) bond motifs is 2. The van der Waals surface area contributed by atoms with E-state index in [0.717, 1.165) is 51.6 Å². The summed E-state index contributed by atoms with van der Waals surface area (Å²) in [6, 6.07) is 33.3. The van der Waals surface area contributed by atoms with Crippen LogP contribution in [0.15, 0.2) is 122 Å². The molecular weight excluding hydrogens is 428 g/mol. The van der Waals surface area contributed by atoms with Crippen molar-refractivity contribution in [2.75, 3.05) is 0 Å². The number of benzene rings is 2. The first-order valence-electron chi connectivity index (χ1n) is 11.8. The van der Waals surface area contributed by atoms with Crippen LogP contribution in [-0.4, -0.2) is 18.8 Å². The molecule has 4 nitrogen and oxygen atoms in total. The first-order valence-corrected chi connectivity index (χ1v) is 11.8. The highest BCUT2D eigenvalue weighted by molar-refractivity contribution is 5.93. The number of rotatable bonds is 4. The van der Waals surface area contributed by atoms with Gasteiger partial charge in [-0.15, -0.1) is 0 Å². The molecule has 2 aromatic carbocycles. The van der Waals surface area contributed by atoms with E-state index in [-0.39, 0.29) is 0 Å². The molecule has 0 radical (unpaired) electrons. The van der Waals surface area contributed by atoms with Gasteiger partial charge < -0.3 is 0 Å². The van der Waals surface area contributed by atoms with Gasteiger partial charge in [-0.05, 0) is 35.4 Å². The minimum absolute atomic E-state index is 0.797. The van der Waals surface area contributed by atoms with Crippen molar-refractivity contribution in [2.45, 2.75) is 6.42 Å². The summed E-state index contributed by atoms with van der Waals surface area (Å²) in [5.74, 6) is 1.92. The minimum Gasteiger partial charge on any atom is -0.299 e. The quantitative estimate of drug-likeness (QED) is 0.285. The molecule has 0 aliphatic heterocycles. The molecule has 6 aromatic rings. The topological polar surface area (TPSA) is 34.6 Å². The van der Waals surface area contributed by atoms with E-state index in [2.05, 4.69) is 118 Å². The molecule has 0 saturated heterocycles. The lowest BCUT2D eigenvalue weighted by molar-refractivity contribution is 1.16. The molecule has 166 valence electrons. The van der Waals surface area contributed by atoms with E-state index in [1.165, 1.54) is 11.1 Å². The summed E-state index contributed by atoms with van der Waals surface area (Å²) in [4.78, 5) is 10.2. The molecule has 0 spiro atoms. The molecule has 7 rings (SSSR count). The van der Waals surface area contributed by atoms with E-state index < -0.39 is 0 Å². The van der Waals surface area contributed by atoms with Crippen molar-refractivity contribution in [1.82, 2.24) is 18.8 Å². The smallest absolute Gasteiger partial charge is 0.145 e. The molecule has 1 aliphatic rings. The Balaban J connectivity index is 1.29. The molecule has 0 unspecified atom stereocenters. The zero-order valence-electron chi connectivity index (χ0n) is 19.0. The second-order valence-corrected chi connectivity index (χ2v) is 8.77. The van der Waals surface area contributed by atoms with Crippen molar-refractivity contribution >= 4 is 22.2 Å². The number of pyridine rings is 2. The molecule has 0 fully saturated rings. The first kappa shape index (κ1) is 19.7. The molecule has 4 heteroatoms. The fourth-order valence-corrected chi connectivity index (χ4v) is 4.98. The maximum absolute atomic E-state index is 5.12. The van der Waals surface area contributed by atoms with Crippen LogP contribution in [0.3, 0.4) is 0 Å². The van der Waals surface area contributed by atoms with Crippen LogP contribution in [0.5, 0.6) is 0 Å². The number of nitrogens with zero attached hydrogens (tertiary/aromatic N) is 4. The standard InChI is InChI=1S/C31H22N4/c1-3-11-22(12-4-1)30-32-28(26-15-7-9-19-34(26)30)24-17-18-25(21-24)29-27-16-8-10-20-35(27)31(33-29)23-13-5-2-6-14-23/h1-20H,21H2. The van der Waals surface area contributed by atoms with Crippen molar-refractivity contribution in [3.8, 4) is 22.8 Å². The van der Waals surface area contributed by atoms with E-state index >= 15 is 0 Å². The normalized spacial score (nSPS) is 13.4. The molecule has 0 saturated carbocycles. The van der Waals surface area contributed by atoms with Gasteiger partial charge in [0.1, 0.15) is 11.6 Å². The maximum Gasteiger partial charge on any atom is 0.145 e. The van der Waals surface area contributed by atoms with E-state index in [1.54, 1.807) is 0 Å². The molecule has 0 atom stereocenters. The number of hydrogen-bond acceptors (Lipinski definition) is 2. The summed E-state index contributed by atoms with van der Waals surface area (Å²) in [6.45, 7) is 0. The van der Waals surface area contributed by atoms with Crippen molar-refractivity contribution in [1.29, 1.82) is 0 Å². The molecule has 1 aliphatic carbocycles. The third-order valence-corrected chi connectivity index (χ3v) is 6.64. The molecule has 0 N–H and O–H groups in total. The van der Waals surface area contributed by atoms with Gasteiger partial charge in [0.2, 0.25) is 0 Å². The summed E-state index contributed by atoms with van der Waals surface area (Å²) in [5.41, 5.74) is 8.94. The minimum atomic E-state index is 0.797. The average molecular weight is 451 g/mol. The molecule has 4 aromatic heterocycles. The third-order valence-electron chi connectivity index (χ3n) is 6.64. The van der Waals surface area contributed by atoms with E-state index in [9.17, 15) is 0 Å². The average Bonchev–Trinajstić information content (AvgIpc) is 3.65. The Morgan fingerprint density at radius 1 is 0.486 bits per heavy atom. The molecular formula is C31H22N4. The Labute approximate surface area is 203 Å². The number of allylic oxidation sites excluding steroid dienone is 4. The Morgan fingerprint density at radius 2 is 0.914 bits per heavy atom. The summed E-state index contributed by atoms with van der Waals surface area (Å²) < 4.78 is 4.37. The molecule has 0 amide bonds. The summed E-state index contributed by atoms with van der Waals surface area (Å²) in [6.07, 6.45) is 9.39. The Bertz CT molecular complexity index is 1620. The summed E-state index contributed by atoms with van der Waals surface area (Å²) in [5, 5.41) is 0. The van der Waals surface area contributed by atoms with Crippen molar-refractivity contribution in [2.24, 2.45) is 0 Å². The highest BCUT2D eigenvalue weighted by Crippen LogP contribution is 2.38. The van der Waals surface area contributed by atoms with E-state index in [0.29, 0.717) is 0 Å². The van der Waals surface area contributed by atoms with Gasteiger partial charge >= 0.3 is 0 Å². The second kappa shape index (κ2) is 7.96. The monoisotopic (exact) mass is 450 g/mol. The van der Waals surface area contributed by atoms with Crippen LogP contribution in [0.1, 0.15) is 17.8 Å². The Hall–Kier alpha value is -4.70. The van der Waals surface area contributed by atoms with Gasteiger partial charge in [-0.1, -0.05) is 84.9 Å². The fraction of sp³-hybridized carbons (Fsp3) is 0.0323. The summed E-state index contributed by atoms with van der Waals surface area (Å²) >= 11 is 0. The highest BCUT2D eigenvalue weighted by Gasteiger charge is 2.22. The van der Waals surface area contributed by atoms with Crippen LogP contribution >= 0.6 is 0 Å². The lowest BCUT2D eigenvalue weighted by Gasteiger charge is -2.03. The molecule has 0 bridgehead atoms. The predicted molar refractivity (Wildman–Crippen MR) is 142 cm³/mol. The Morgan fingerprint density at radius 3 is 1.37 bits per heavy atom. The third kappa shape index (κ3) is 3.22. The first-order chi connectivity index (χ1) is 17.4. The van der Waals surface area contributed by atoms with Gasteiger partial charge in [0.05, 0.1) is 22.4 Å². The van der Waals surface area contributed by atoms with E-state index in [1.807, 2.05) is 12.1 Å². The summed E-state index contributed by atoms with van der Waals surface area (Å²) in [7, 11) is 0. The fourth-order valence-electron chi connectivity index (χ4n) is 4.98. The van der Waals surface area contributed by atoms with Gasteiger partial charge in [-0.2, -0.15) is 0 Å². The van der Waals surface area contributed by atoms with Gasteiger partial charge in [-0.3, -0.25) is 8.80 Å². The van der Waals surface area contributed by atoms with Crippen LogP contribution < -0.4 is 0 Å². The lowest BCUT2D eigenvalue weighted by Crippen LogP contribution is -1.88. The number of imidazole rings is 2. The van der Waals surface area contributed by atoms with Crippen LogP contribution in [0.4, 0.5) is 0 Å². The lowest BCUT2D eigenvalue weighted by atomic mass is 10.0. The van der Waals surface area contributed by atoms with Crippen molar-refractivity contribution in [3.05, 3.63) is 133 Å². The second-order valence-electron chi connectivity index (χ2n) is 8.77. The Kier molecular flexibility index (Phi) is 4.49. The van der Waals surface area contributed by atoms with Crippen LogP contribution in [0.25, 0.3) is 45.0 Å². The largest absolute Gasteiger partial charge is 0.299 e. The SMILES string of the molecule is C1=C(c2nc(-c3ccccc3)n3ccccc23)CC(c2nc(-c3ccccc3)n3ccccc23)=C1. The van der Waals surface area contributed by atoms with Gasteiger partial charge in [0.25, 0.3) is 0 Å².